The van der Waals surface area contributed by atoms with Crippen LogP contribution in [0.15, 0.2) is 66.9 Å². The smallest absolute Gasteiger partial charge is 0.338 e. The zero-order valence-electron chi connectivity index (χ0n) is 15.7. The van der Waals surface area contributed by atoms with Gasteiger partial charge in [-0.05, 0) is 42.3 Å². The van der Waals surface area contributed by atoms with Crippen molar-refractivity contribution in [3.8, 4) is 11.1 Å². The van der Waals surface area contributed by atoms with Crippen LogP contribution in [0.2, 0.25) is 0 Å². The summed E-state index contributed by atoms with van der Waals surface area (Å²) in [5.41, 5.74) is 3.33. The van der Waals surface area contributed by atoms with E-state index >= 15 is 0 Å². The molecule has 0 radical (unpaired) electrons. The van der Waals surface area contributed by atoms with Gasteiger partial charge in [-0.25, -0.2) is 13.6 Å². The maximum Gasteiger partial charge on any atom is 0.338 e. The number of carbonyl (C=O) groups is 1. The molecule has 0 unspecified atom stereocenters. The number of hydrogen-bond donors (Lipinski definition) is 0. The third-order valence-corrected chi connectivity index (χ3v) is 4.63. The molecule has 0 fully saturated rings. The molecule has 4 rings (SSSR count). The number of benzene rings is 3. The van der Waals surface area contributed by atoms with Gasteiger partial charge in [-0.2, -0.15) is 5.10 Å². The number of aromatic nitrogens is 2. The first kappa shape index (κ1) is 18.8. The van der Waals surface area contributed by atoms with E-state index in [2.05, 4.69) is 5.10 Å². The molecule has 1 heterocycles. The number of hydrogen-bond acceptors (Lipinski definition) is 3. The van der Waals surface area contributed by atoms with Gasteiger partial charge in [0.2, 0.25) is 0 Å². The van der Waals surface area contributed by atoms with Crippen molar-refractivity contribution in [2.24, 2.45) is 0 Å². The van der Waals surface area contributed by atoms with E-state index in [4.69, 9.17) is 4.74 Å². The summed E-state index contributed by atoms with van der Waals surface area (Å²) in [5, 5.41) is 5.38. The summed E-state index contributed by atoms with van der Waals surface area (Å²) in [7, 11) is 0. The van der Waals surface area contributed by atoms with Gasteiger partial charge in [0.15, 0.2) is 0 Å². The number of fused-ring (bicyclic) bond motifs is 1. The van der Waals surface area contributed by atoms with Gasteiger partial charge in [-0.3, -0.25) is 4.68 Å². The number of carbonyl (C=O) groups excluding carboxylic acids is 1. The normalized spacial score (nSPS) is 11.0. The van der Waals surface area contributed by atoms with Gasteiger partial charge in [0.1, 0.15) is 11.6 Å². The lowest BCUT2D eigenvalue weighted by Gasteiger charge is -2.06. The molecule has 29 heavy (non-hydrogen) atoms. The van der Waals surface area contributed by atoms with E-state index < -0.39 is 11.6 Å². The second-order valence-electron chi connectivity index (χ2n) is 6.60. The zero-order valence-corrected chi connectivity index (χ0v) is 15.7. The van der Waals surface area contributed by atoms with Crippen LogP contribution < -0.4 is 0 Å². The van der Waals surface area contributed by atoms with Crippen molar-refractivity contribution in [3.63, 3.8) is 0 Å². The molecule has 4 aromatic rings. The first-order chi connectivity index (χ1) is 14.0. The Morgan fingerprint density at radius 1 is 1.07 bits per heavy atom. The molecule has 0 spiro atoms. The van der Waals surface area contributed by atoms with E-state index in [9.17, 15) is 13.6 Å². The topological polar surface area (TPSA) is 44.1 Å². The van der Waals surface area contributed by atoms with Gasteiger partial charge in [-0.1, -0.05) is 30.3 Å². The number of esters is 1. The third-order valence-electron chi connectivity index (χ3n) is 4.63. The van der Waals surface area contributed by atoms with Gasteiger partial charge in [-0.15, -0.1) is 0 Å². The van der Waals surface area contributed by atoms with Crippen LogP contribution in [-0.4, -0.2) is 22.4 Å². The van der Waals surface area contributed by atoms with E-state index in [0.717, 1.165) is 28.1 Å². The Labute approximate surface area is 166 Å². The van der Waals surface area contributed by atoms with Crippen LogP contribution in [0.3, 0.4) is 0 Å². The SMILES string of the molecule is CCOC(=O)c1cccc(-c2cccc3nn(Cc4ccc(F)cc4F)cc23)c1. The molecule has 0 bridgehead atoms. The van der Waals surface area contributed by atoms with Crippen molar-refractivity contribution in [3.05, 3.63) is 89.6 Å². The lowest BCUT2D eigenvalue weighted by Crippen LogP contribution is -2.04. The van der Waals surface area contributed by atoms with Crippen LogP contribution in [0.1, 0.15) is 22.8 Å². The molecule has 0 saturated heterocycles. The summed E-state index contributed by atoms with van der Waals surface area (Å²) in [6.45, 7) is 2.26. The van der Waals surface area contributed by atoms with E-state index in [1.54, 1.807) is 29.8 Å². The largest absolute Gasteiger partial charge is 0.462 e. The van der Waals surface area contributed by atoms with E-state index in [1.807, 2.05) is 30.5 Å². The number of rotatable bonds is 5. The maximum atomic E-state index is 14.0. The highest BCUT2D eigenvalue weighted by Crippen LogP contribution is 2.29. The van der Waals surface area contributed by atoms with Crippen molar-refractivity contribution in [2.75, 3.05) is 6.61 Å². The Balaban J connectivity index is 1.72. The van der Waals surface area contributed by atoms with Gasteiger partial charge in [0.05, 0.1) is 24.2 Å². The lowest BCUT2D eigenvalue weighted by atomic mass is 10.00. The summed E-state index contributed by atoms with van der Waals surface area (Å²) in [6.07, 6.45) is 1.82. The molecule has 3 aromatic carbocycles. The molecule has 0 aliphatic carbocycles. The monoisotopic (exact) mass is 392 g/mol. The summed E-state index contributed by atoms with van der Waals surface area (Å²) in [4.78, 5) is 12.1. The zero-order chi connectivity index (χ0) is 20.4. The van der Waals surface area contributed by atoms with E-state index in [0.29, 0.717) is 17.7 Å². The van der Waals surface area contributed by atoms with Crippen LogP contribution in [0.25, 0.3) is 22.0 Å². The van der Waals surface area contributed by atoms with E-state index in [1.165, 1.54) is 12.1 Å². The van der Waals surface area contributed by atoms with Crippen LogP contribution >= 0.6 is 0 Å². The van der Waals surface area contributed by atoms with Crippen molar-refractivity contribution in [1.29, 1.82) is 0 Å². The molecule has 1 aromatic heterocycles. The van der Waals surface area contributed by atoms with Crippen LogP contribution in [0.4, 0.5) is 8.78 Å². The van der Waals surface area contributed by atoms with E-state index in [-0.39, 0.29) is 12.5 Å². The molecule has 0 saturated carbocycles. The van der Waals surface area contributed by atoms with Crippen molar-refractivity contribution >= 4 is 16.9 Å². The standard InChI is InChI=1S/C23H18F2N2O2/c1-2-29-23(28)16-6-3-5-15(11-16)19-7-4-8-22-20(19)14-27(26-22)13-17-9-10-18(24)12-21(17)25/h3-12,14H,2,13H2,1H3. The highest BCUT2D eigenvalue weighted by molar-refractivity contribution is 5.97. The molecule has 146 valence electrons. The van der Waals surface area contributed by atoms with Crippen LogP contribution in [0, 0.1) is 11.6 Å². The molecular weight excluding hydrogens is 374 g/mol. The summed E-state index contributed by atoms with van der Waals surface area (Å²) < 4.78 is 33.8. The van der Waals surface area contributed by atoms with Crippen molar-refractivity contribution < 1.29 is 18.3 Å². The van der Waals surface area contributed by atoms with Gasteiger partial charge in [0, 0.05) is 23.2 Å². The Hall–Kier alpha value is -3.54. The molecule has 0 atom stereocenters. The number of halogens is 2. The Morgan fingerprint density at radius 2 is 1.90 bits per heavy atom. The predicted octanol–water partition coefficient (Wildman–Crippen LogP) is 5.21. The third kappa shape index (κ3) is 3.87. The van der Waals surface area contributed by atoms with Gasteiger partial charge in [0.25, 0.3) is 0 Å². The first-order valence-corrected chi connectivity index (χ1v) is 9.23. The van der Waals surface area contributed by atoms with Crippen molar-refractivity contribution in [1.82, 2.24) is 9.78 Å². The molecule has 4 nitrogen and oxygen atoms in total. The highest BCUT2D eigenvalue weighted by atomic mass is 19.1. The molecular formula is C23H18F2N2O2. The molecule has 0 aliphatic rings. The minimum absolute atomic E-state index is 0.184. The fourth-order valence-electron chi connectivity index (χ4n) is 3.28. The molecule has 6 heteroatoms. The molecule has 0 amide bonds. The fourth-order valence-corrected chi connectivity index (χ4v) is 3.28. The quantitative estimate of drug-likeness (QED) is 0.438. The van der Waals surface area contributed by atoms with Crippen LogP contribution in [-0.2, 0) is 11.3 Å². The second-order valence-corrected chi connectivity index (χ2v) is 6.60. The average Bonchev–Trinajstić information content (AvgIpc) is 3.13. The highest BCUT2D eigenvalue weighted by Gasteiger charge is 2.12. The van der Waals surface area contributed by atoms with Gasteiger partial charge < -0.3 is 4.74 Å². The van der Waals surface area contributed by atoms with Crippen molar-refractivity contribution in [2.45, 2.75) is 13.5 Å². The average molecular weight is 392 g/mol. The number of ether oxygens (including phenoxy) is 1. The summed E-state index contributed by atoms with van der Waals surface area (Å²) >= 11 is 0. The minimum Gasteiger partial charge on any atom is -0.462 e. The molecule has 0 N–H and O–H groups in total. The second kappa shape index (κ2) is 7.83. The lowest BCUT2D eigenvalue weighted by molar-refractivity contribution is 0.0526. The summed E-state index contributed by atoms with van der Waals surface area (Å²) in [6, 6.07) is 16.4. The Bertz CT molecular complexity index is 1200. The van der Waals surface area contributed by atoms with Crippen LogP contribution in [0.5, 0.6) is 0 Å². The minimum atomic E-state index is -0.611. The predicted molar refractivity (Wildman–Crippen MR) is 107 cm³/mol. The first-order valence-electron chi connectivity index (χ1n) is 9.23. The fraction of sp³-hybridized carbons (Fsp3) is 0.130. The van der Waals surface area contributed by atoms with Gasteiger partial charge >= 0.3 is 5.97 Å². The number of nitrogens with zero attached hydrogens (tertiary/aromatic N) is 2. The Morgan fingerprint density at radius 3 is 2.69 bits per heavy atom. The maximum absolute atomic E-state index is 14.0. The summed E-state index contributed by atoms with van der Waals surface area (Å²) in [5.74, 6) is -1.59. The molecule has 0 aliphatic heterocycles. The Kier molecular flexibility index (Phi) is 5.08.